The van der Waals surface area contributed by atoms with Gasteiger partial charge in [-0.1, -0.05) is 0 Å². The molecule has 0 aliphatic carbocycles. The summed E-state index contributed by atoms with van der Waals surface area (Å²) >= 11 is 0. The van der Waals surface area contributed by atoms with Crippen molar-refractivity contribution in [1.82, 2.24) is 29.6 Å². The summed E-state index contributed by atoms with van der Waals surface area (Å²) in [6, 6.07) is 5.92. The molecular weight excluding hydrogens is 416 g/mol. The summed E-state index contributed by atoms with van der Waals surface area (Å²) in [5.74, 6) is 1.40. The number of likely N-dealkylation sites (tertiary alicyclic amines) is 1. The van der Waals surface area contributed by atoms with Crippen molar-refractivity contribution in [3.63, 3.8) is 0 Å². The molecule has 4 aromatic heterocycles. The molecule has 9 nitrogen and oxygen atoms in total. The SMILES string of the molecule is CC(=O)N1CCCC1.Cc1ccncc1-c1cc2cc(Nc3cnn(C)c3)ncc2c(N)n1. The van der Waals surface area contributed by atoms with Crippen molar-refractivity contribution < 1.29 is 4.79 Å². The van der Waals surface area contributed by atoms with Crippen LogP contribution in [0, 0.1) is 6.92 Å². The molecule has 1 aliphatic rings. The molecule has 0 unspecified atom stereocenters. The van der Waals surface area contributed by atoms with Crippen molar-refractivity contribution in [2.24, 2.45) is 7.05 Å². The molecule has 1 saturated heterocycles. The van der Waals surface area contributed by atoms with Crippen LogP contribution in [-0.4, -0.2) is 48.6 Å². The van der Waals surface area contributed by atoms with Gasteiger partial charge in [-0.05, 0) is 48.9 Å². The Balaban J connectivity index is 0.000000275. The Bertz CT molecular complexity index is 1280. The number of carbonyl (C=O) groups excluding carboxylic acids is 1. The Morgan fingerprint density at radius 2 is 1.94 bits per heavy atom. The molecule has 1 fully saturated rings. The Morgan fingerprint density at radius 3 is 2.58 bits per heavy atom. The van der Waals surface area contributed by atoms with E-state index in [0.29, 0.717) is 5.82 Å². The lowest BCUT2D eigenvalue weighted by molar-refractivity contribution is -0.127. The standard InChI is InChI=1S/C18H17N7.C6H11NO/c1-11-3-4-20-8-14(11)16-5-12-6-17(21-9-15(12)18(19)24-16)23-13-7-22-25(2)10-13;1-6(8)7-4-2-3-5-7/h3-10H,1-2H3,(H2,19,24)(H,21,23);2-5H2,1H3. The highest BCUT2D eigenvalue weighted by Gasteiger charge is 2.12. The predicted octanol–water partition coefficient (Wildman–Crippen LogP) is 3.69. The van der Waals surface area contributed by atoms with Crippen molar-refractivity contribution in [2.45, 2.75) is 26.7 Å². The number of amides is 1. The molecule has 5 rings (SSSR count). The number of fused-ring (bicyclic) bond motifs is 1. The first-order chi connectivity index (χ1) is 15.9. The predicted molar refractivity (Wildman–Crippen MR) is 130 cm³/mol. The Kier molecular flexibility index (Phi) is 6.48. The molecule has 0 spiro atoms. The maximum Gasteiger partial charge on any atom is 0.219 e. The van der Waals surface area contributed by atoms with Crippen LogP contribution < -0.4 is 11.1 Å². The van der Waals surface area contributed by atoms with Crippen LogP contribution in [-0.2, 0) is 11.8 Å². The second kappa shape index (κ2) is 9.64. The molecular formula is C24H28N8O. The fraction of sp³-hybridized carbons (Fsp3) is 0.292. The van der Waals surface area contributed by atoms with E-state index in [-0.39, 0.29) is 5.91 Å². The summed E-state index contributed by atoms with van der Waals surface area (Å²) in [5.41, 5.74) is 9.89. The molecule has 9 heteroatoms. The van der Waals surface area contributed by atoms with Crippen LogP contribution in [0.3, 0.4) is 0 Å². The lowest BCUT2D eigenvalue weighted by Gasteiger charge is -2.10. The van der Waals surface area contributed by atoms with Crippen LogP contribution in [0.5, 0.6) is 0 Å². The number of nitrogen functional groups attached to an aromatic ring is 1. The first kappa shape index (κ1) is 22.2. The average Bonchev–Trinajstić information content (AvgIpc) is 3.46. The molecule has 3 N–H and O–H groups in total. The van der Waals surface area contributed by atoms with E-state index in [1.807, 2.05) is 43.3 Å². The van der Waals surface area contributed by atoms with Gasteiger partial charge in [0.25, 0.3) is 0 Å². The Hall–Kier alpha value is -4.01. The number of nitrogens with zero attached hydrogens (tertiary/aromatic N) is 6. The maximum absolute atomic E-state index is 10.6. The highest BCUT2D eigenvalue weighted by atomic mass is 16.2. The minimum Gasteiger partial charge on any atom is -0.383 e. The van der Waals surface area contributed by atoms with Crippen molar-refractivity contribution >= 4 is 34.0 Å². The van der Waals surface area contributed by atoms with Gasteiger partial charge in [0, 0.05) is 62.8 Å². The molecule has 0 radical (unpaired) electrons. The van der Waals surface area contributed by atoms with E-state index in [1.165, 1.54) is 12.8 Å². The summed E-state index contributed by atoms with van der Waals surface area (Å²) in [7, 11) is 1.87. The minimum atomic E-state index is 0.225. The normalized spacial score (nSPS) is 13.0. The van der Waals surface area contributed by atoms with Gasteiger partial charge in [-0.25, -0.2) is 9.97 Å². The largest absolute Gasteiger partial charge is 0.383 e. The second-order valence-corrected chi connectivity index (χ2v) is 8.11. The molecule has 1 aliphatic heterocycles. The number of hydrogen-bond acceptors (Lipinski definition) is 7. The smallest absolute Gasteiger partial charge is 0.219 e. The van der Waals surface area contributed by atoms with Crippen LogP contribution in [0.4, 0.5) is 17.3 Å². The van der Waals surface area contributed by atoms with Gasteiger partial charge in [-0.15, -0.1) is 0 Å². The number of carbonyl (C=O) groups is 1. The third kappa shape index (κ3) is 5.25. The summed E-state index contributed by atoms with van der Waals surface area (Å²) < 4.78 is 1.73. The van der Waals surface area contributed by atoms with Gasteiger partial charge < -0.3 is 16.0 Å². The summed E-state index contributed by atoms with van der Waals surface area (Å²) in [4.78, 5) is 25.6. The summed E-state index contributed by atoms with van der Waals surface area (Å²) in [6.07, 6.45) is 11.3. The molecule has 4 aromatic rings. The van der Waals surface area contributed by atoms with Gasteiger partial charge in [-0.3, -0.25) is 14.5 Å². The van der Waals surface area contributed by atoms with Crippen LogP contribution >= 0.6 is 0 Å². The van der Waals surface area contributed by atoms with Gasteiger partial charge >= 0.3 is 0 Å². The average molecular weight is 445 g/mol. The highest BCUT2D eigenvalue weighted by Crippen LogP contribution is 2.29. The van der Waals surface area contributed by atoms with E-state index in [9.17, 15) is 4.79 Å². The van der Waals surface area contributed by atoms with E-state index in [0.717, 1.165) is 52.2 Å². The zero-order valence-electron chi connectivity index (χ0n) is 19.1. The minimum absolute atomic E-state index is 0.225. The first-order valence-corrected chi connectivity index (χ1v) is 10.9. The lowest BCUT2D eigenvalue weighted by atomic mass is 10.1. The quantitative estimate of drug-likeness (QED) is 0.495. The summed E-state index contributed by atoms with van der Waals surface area (Å²) in [5, 5.41) is 9.17. The van der Waals surface area contributed by atoms with Crippen LogP contribution in [0.1, 0.15) is 25.3 Å². The van der Waals surface area contributed by atoms with Crippen LogP contribution in [0.25, 0.3) is 22.0 Å². The van der Waals surface area contributed by atoms with Gasteiger partial charge in [0.05, 0.1) is 17.6 Å². The fourth-order valence-corrected chi connectivity index (χ4v) is 3.78. The molecule has 0 saturated carbocycles. The van der Waals surface area contributed by atoms with E-state index >= 15 is 0 Å². The molecule has 170 valence electrons. The lowest BCUT2D eigenvalue weighted by Crippen LogP contribution is -2.24. The number of nitrogens with one attached hydrogen (secondary N) is 1. The van der Waals surface area contributed by atoms with E-state index in [4.69, 9.17) is 5.73 Å². The maximum atomic E-state index is 10.6. The van der Waals surface area contributed by atoms with E-state index in [2.05, 4.69) is 25.4 Å². The Labute approximate surface area is 192 Å². The molecule has 33 heavy (non-hydrogen) atoms. The number of rotatable bonds is 3. The number of nitrogens with two attached hydrogens (primary N) is 1. The second-order valence-electron chi connectivity index (χ2n) is 8.11. The van der Waals surface area contributed by atoms with E-state index in [1.54, 1.807) is 36.4 Å². The topological polar surface area (TPSA) is 115 Å². The van der Waals surface area contributed by atoms with Crippen LogP contribution in [0.15, 0.2) is 49.2 Å². The van der Waals surface area contributed by atoms with Gasteiger partial charge in [0.1, 0.15) is 11.6 Å². The van der Waals surface area contributed by atoms with Crippen molar-refractivity contribution in [3.8, 4) is 11.3 Å². The third-order valence-electron chi connectivity index (χ3n) is 5.59. The fourth-order valence-electron chi connectivity index (χ4n) is 3.78. The Morgan fingerprint density at radius 1 is 1.15 bits per heavy atom. The summed E-state index contributed by atoms with van der Waals surface area (Å²) in [6.45, 7) is 5.62. The van der Waals surface area contributed by atoms with Crippen LogP contribution in [0.2, 0.25) is 0 Å². The number of anilines is 3. The number of aryl methyl sites for hydroxylation is 2. The molecule has 0 atom stereocenters. The van der Waals surface area contributed by atoms with Crippen molar-refractivity contribution in [1.29, 1.82) is 0 Å². The first-order valence-electron chi connectivity index (χ1n) is 10.9. The highest BCUT2D eigenvalue weighted by molar-refractivity contribution is 5.94. The molecule has 1 amide bonds. The van der Waals surface area contributed by atoms with Gasteiger partial charge in [0.2, 0.25) is 5.91 Å². The third-order valence-corrected chi connectivity index (χ3v) is 5.59. The zero-order chi connectivity index (χ0) is 23.4. The van der Waals surface area contributed by atoms with Gasteiger partial charge in [0.15, 0.2) is 0 Å². The monoisotopic (exact) mass is 444 g/mol. The van der Waals surface area contributed by atoms with Crippen molar-refractivity contribution in [2.75, 3.05) is 24.1 Å². The number of aromatic nitrogens is 5. The zero-order valence-corrected chi connectivity index (χ0v) is 19.1. The molecule has 0 bridgehead atoms. The number of hydrogen-bond donors (Lipinski definition) is 2. The molecule has 5 heterocycles. The number of pyridine rings is 3. The van der Waals surface area contributed by atoms with Gasteiger partial charge in [-0.2, -0.15) is 5.10 Å². The molecule has 0 aromatic carbocycles. The van der Waals surface area contributed by atoms with E-state index < -0.39 is 0 Å². The van der Waals surface area contributed by atoms with Crippen molar-refractivity contribution in [3.05, 3.63) is 54.7 Å².